The van der Waals surface area contributed by atoms with Crippen molar-refractivity contribution in [3.05, 3.63) is 12.2 Å². The summed E-state index contributed by atoms with van der Waals surface area (Å²) in [6, 6.07) is 0. The number of ether oxygens (including phenoxy) is 2. The summed E-state index contributed by atoms with van der Waals surface area (Å²) in [5.41, 5.74) is 0. The Morgan fingerprint density at radius 3 is 1.64 bits per heavy atom. The Bertz CT molecular complexity index is 761. The summed E-state index contributed by atoms with van der Waals surface area (Å²) < 4.78 is 32.3. The van der Waals surface area contributed by atoms with E-state index in [0.29, 0.717) is 12.8 Å². The van der Waals surface area contributed by atoms with Crippen LogP contribution in [0.25, 0.3) is 0 Å². The van der Waals surface area contributed by atoms with Crippen LogP contribution in [0.2, 0.25) is 0 Å². The first-order valence-electron chi connectivity index (χ1n) is 17.1. The molecule has 0 rings (SSSR count). The summed E-state index contributed by atoms with van der Waals surface area (Å²) in [5, 5.41) is 18.2. The van der Waals surface area contributed by atoms with Gasteiger partial charge in [-0.25, -0.2) is 4.57 Å². The van der Waals surface area contributed by atoms with Crippen LogP contribution < -0.4 is 0 Å². The number of allylic oxidation sites excluding steroid dienone is 2. The molecule has 11 heteroatoms. The Morgan fingerprint density at radius 1 is 0.659 bits per heavy atom. The van der Waals surface area contributed by atoms with Crippen molar-refractivity contribution in [2.24, 2.45) is 0 Å². The van der Waals surface area contributed by atoms with Crippen LogP contribution in [-0.4, -0.2) is 65.7 Å². The number of hydrogen-bond donors (Lipinski definition) is 3. The first-order chi connectivity index (χ1) is 21.2. The molecule has 0 radical (unpaired) electrons. The predicted molar refractivity (Wildman–Crippen MR) is 173 cm³/mol. The molecule has 0 spiro atoms. The lowest BCUT2D eigenvalue weighted by atomic mass is 10.1. The van der Waals surface area contributed by atoms with E-state index in [-0.39, 0.29) is 19.4 Å². The van der Waals surface area contributed by atoms with E-state index in [2.05, 4.69) is 30.5 Å². The third kappa shape index (κ3) is 29.4. The first-order valence-corrected chi connectivity index (χ1v) is 18.6. The highest BCUT2D eigenvalue weighted by molar-refractivity contribution is 7.47. The van der Waals surface area contributed by atoms with Gasteiger partial charge < -0.3 is 24.6 Å². The molecular weight excluding hydrogens is 587 g/mol. The van der Waals surface area contributed by atoms with E-state index in [0.717, 1.165) is 64.2 Å². The van der Waals surface area contributed by atoms with Gasteiger partial charge in [0.15, 0.2) is 6.10 Å². The van der Waals surface area contributed by atoms with Crippen molar-refractivity contribution >= 4 is 19.8 Å². The molecule has 0 aliphatic rings. The Labute approximate surface area is 266 Å². The summed E-state index contributed by atoms with van der Waals surface area (Å²) in [6.07, 6.45) is 23.8. The minimum absolute atomic E-state index is 0.177. The van der Waals surface area contributed by atoms with Crippen LogP contribution in [0.5, 0.6) is 0 Å². The first kappa shape index (κ1) is 42.7. The largest absolute Gasteiger partial charge is 0.472 e. The molecular formula is C33H63O10P. The van der Waals surface area contributed by atoms with Crippen molar-refractivity contribution in [2.45, 2.75) is 161 Å². The Balaban J connectivity index is 4.30. The highest BCUT2D eigenvalue weighted by atomic mass is 31.2. The molecule has 0 fully saturated rings. The number of hydrogen-bond acceptors (Lipinski definition) is 9. The van der Waals surface area contributed by atoms with Gasteiger partial charge in [0.1, 0.15) is 12.7 Å². The molecule has 10 nitrogen and oxygen atoms in total. The Morgan fingerprint density at radius 2 is 1.11 bits per heavy atom. The van der Waals surface area contributed by atoms with Crippen molar-refractivity contribution in [1.29, 1.82) is 0 Å². The lowest BCUT2D eigenvalue weighted by Crippen LogP contribution is -2.29. The summed E-state index contributed by atoms with van der Waals surface area (Å²) in [7, 11) is -4.60. The molecule has 0 aromatic rings. The molecule has 3 N–H and O–H groups in total. The van der Waals surface area contributed by atoms with Crippen molar-refractivity contribution in [3.63, 3.8) is 0 Å². The van der Waals surface area contributed by atoms with Gasteiger partial charge in [-0.05, 0) is 38.5 Å². The van der Waals surface area contributed by atoms with Crippen molar-refractivity contribution in [2.75, 3.05) is 26.4 Å². The number of rotatable bonds is 32. The average molecular weight is 651 g/mol. The molecule has 0 bridgehead atoms. The molecule has 0 aliphatic carbocycles. The van der Waals surface area contributed by atoms with Crippen molar-refractivity contribution in [3.8, 4) is 0 Å². The lowest BCUT2D eigenvalue weighted by Gasteiger charge is -2.20. The highest BCUT2D eigenvalue weighted by Crippen LogP contribution is 2.43. The third-order valence-corrected chi connectivity index (χ3v) is 8.12. The second-order valence-corrected chi connectivity index (χ2v) is 13.0. The van der Waals surface area contributed by atoms with E-state index < -0.39 is 51.8 Å². The SMILES string of the molecule is CCCCCCCCC/C=C\CCCCCCCC(=O)OC(COC(=O)CCCCCCC)COP(=O)(O)OCC(O)CO. The fraction of sp³-hybridized carbons (Fsp3) is 0.879. The maximum Gasteiger partial charge on any atom is 0.472 e. The maximum atomic E-state index is 12.4. The minimum atomic E-state index is -4.60. The number of carbonyl (C=O) groups is 2. The molecule has 0 saturated carbocycles. The predicted octanol–water partition coefficient (Wildman–Crippen LogP) is 7.72. The fourth-order valence-corrected chi connectivity index (χ4v) is 5.25. The molecule has 3 atom stereocenters. The zero-order valence-electron chi connectivity index (χ0n) is 27.6. The number of phosphoric ester groups is 1. The van der Waals surface area contributed by atoms with Gasteiger partial charge in [0.05, 0.1) is 19.8 Å². The van der Waals surface area contributed by atoms with Crippen molar-refractivity contribution in [1.82, 2.24) is 0 Å². The van der Waals surface area contributed by atoms with Gasteiger partial charge in [-0.15, -0.1) is 0 Å². The molecule has 0 aliphatic heterocycles. The second-order valence-electron chi connectivity index (χ2n) is 11.5. The van der Waals surface area contributed by atoms with Crippen LogP contribution >= 0.6 is 7.82 Å². The minimum Gasteiger partial charge on any atom is -0.462 e. The number of aliphatic hydroxyl groups excluding tert-OH is 2. The number of aliphatic hydroxyl groups is 2. The van der Waals surface area contributed by atoms with E-state index in [9.17, 15) is 24.2 Å². The number of phosphoric acid groups is 1. The van der Waals surface area contributed by atoms with Gasteiger partial charge in [0, 0.05) is 12.8 Å². The van der Waals surface area contributed by atoms with Gasteiger partial charge >= 0.3 is 19.8 Å². The molecule has 0 aromatic carbocycles. The normalized spacial score (nSPS) is 14.4. The smallest absolute Gasteiger partial charge is 0.462 e. The van der Waals surface area contributed by atoms with Gasteiger partial charge in [0.25, 0.3) is 0 Å². The average Bonchev–Trinajstić information content (AvgIpc) is 3.00. The monoisotopic (exact) mass is 650 g/mol. The van der Waals surface area contributed by atoms with Crippen molar-refractivity contribution < 1.29 is 47.8 Å². The van der Waals surface area contributed by atoms with Gasteiger partial charge in [-0.3, -0.25) is 18.6 Å². The summed E-state index contributed by atoms with van der Waals surface area (Å²) in [5.74, 6) is -0.948. The summed E-state index contributed by atoms with van der Waals surface area (Å²) in [4.78, 5) is 34.4. The van der Waals surface area contributed by atoms with Gasteiger partial charge in [0.2, 0.25) is 0 Å². The molecule has 260 valence electrons. The fourth-order valence-electron chi connectivity index (χ4n) is 4.46. The van der Waals surface area contributed by atoms with Crippen LogP contribution in [0.3, 0.4) is 0 Å². The van der Waals surface area contributed by atoms with Gasteiger partial charge in [-0.1, -0.05) is 109 Å². The van der Waals surface area contributed by atoms with E-state index in [4.69, 9.17) is 19.1 Å². The van der Waals surface area contributed by atoms with Crippen LogP contribution in [0.4, 0.5) is 0 Å². The lowest BCUT2D eigenvalue weighted by molar-refractivity contribution is -0.161. The van der Waals surface area contributed by atoms with E-state index >= 15 is 0 Å². The van der Waals surface area contributed by atoms with E-state index in [1.807, 2.05) is 0 Å². The zero-order valence-corrected chi connectivity index (χ0v) is 28.5. The zero-order chi connectivity index (χ0) is 32.7. The standard InChI is InChI=1S/C33H63O10P/c1-3-5-7-9-10-11-12-13-14-15-16-17-18-19-21-23-25-33(37)43-31(28-40-32(36)24-22-20-8-6-4-2)29-42-44(38,39)41-27-30(35)26-34/h14-15,30-31,34-35H,3-13,16-29H2,1-2H3,(H,38,39)/b15-14-. The highest BCUT2D eigenvalue weighted by Gasteiger charge is 2.27. The van der Waals surface area contributed by atoms with E-state index in [1.54, 1.807) is 0 Å². The van der Waals surface area contributed by atoms with E-state index in [1.165, 1.54) is 44.9 Å². The summed E-state index contributed by atoms with van der Waals surface area (Å²) >= 11 is 0. The molecule has 44 heavy (non-hydrogen) atoms. The quantitative estimate of drug-likeness (QED) is 0.0286. The number of carbonyl (C=O) groups excluding carboxylic acids is 2. The van der Waals surface area contributed by atoms with Crippen LogP contribution in [0.15, 0.2) is 12.2 Å². The Kier molecular flexibility index (Phi) is 29.5. The maximum absolute atomic E-state index is 12.4. The second kappa shape index (κ2) is 30.4. The molecule has 0 saturated heterocycles. The molecule has 0 aromatic heterocycles. The number of unbranched alkanes of at least 4 members (excludes halogenated alkanes) is 16. The van der Waals surface area contributed by atoms with Gasteiger partial charge in [-0.2, -0.15) is 0 Å². The van der Waals surface area contributed by atoms with Crippen LogP contribution in [0.1, 0.15) is 149 Å². The topological polar surface area (TPSA) is 149 Å². The summed E-state index contributed by atoms with van der Waals surface area (Å²) in [6.45, 7) is 2.24. The molecule has 0 heterocycles. The van der Waals surface area contributed by atoms with Crippen LogP contribution in [-0.2, 0) is 32.7 Å². The number of esters is 2. The van der Waals surface area contributed by atoms with Crippen LogP contribution in [0, 0.1) is 0 Å². The molecule has 0 amide bonds. The Hall–Kier alpha value is -1.29. The third-order valence-electron chi connectivity index (χ3n) is 7.17. The molecule has 3 unspecified atom stereocenters.